The van der Waals surface area contributed by atoms with Crippen molar-refractivity contribution in [1.29, 1.82) is 0 Å². The van der Waals surface area contributed by atoms with Crippen LogP contribution in [0.3, 0.4) is 0 Å². The number of carbonyl (C=O) groups is 1. The summed E-state index contributed by atoms with van der Waals surface area (Å²) in [5.74, 6) is -0.326. The lowest BCUT2D eigenvalue weighted by atomic mass is 10.1. The summed E-state index contributed by atoms with van der Waals surface area (Å²) in [4.78, 5) is 23.7. The van der Waals surface area contributed by atoms with Crippen molar-refractivity contribution >= 4 is 28.5 Å². The summed E-state index contributed by atoms with van der Waals surface area (Å²) in [6.07, 6.45) is 0. The number of ether oxygens (including phenoxy) is 1. The second-order valence-electron chi connectivity index (χ2n) is 7.10. The molecule has 26 heavy (non-hydrogen) atoms. The quantitative estimate of drug-likeness (QED) is 0.710. The summed E-state index contributed by atoms with van der Waals surface area (Å²) in [6.45, 7) is 7.48. The molecule has 0 saturated heterocycles. The first-order valence-corrected chi connectivity index (χ1v) is 8.60. The molecule has 3 aromatic rings. The molecule has 0 atom stereocenters. The zero-order valence-electron chi connectivity index (χ0n) is 15.1. The van der Waals surface area contributed by atoms with E-state index in [9.17, 15) is 9.59 Å². The molecule has 1 aromatic carbocycles. The standard InChI is InChI=1S/C19H20ClN3O3/c1-11-18(14-6-8-16(24)22-21-14)13-9-12(20)5-7-15(13)23(11)10-17(25)26-19(2,3)4/h5-9H,10H2,1-4H3,(H,22,24). The number of H-pyrrole nitrogens is 1. The molecule has 3 rings (SSSR count). The number of halogens is 1. The molecule has 0 aliphatic heterocycles. The number of nitrogens with zero attached hydrogens (tertiary/aromatic N) is 2. The summed E-state index contributed by atoms with van der Waals surface area (Å²) in [7, 11) is 0. The van der Waals surface area contributed by atoms with Gasteiger partial charge in [0, 0.05) is 33.2 Å². The van der Waals surface area contributed by atoms with Crippen LogP contribution in [0.15, 0.2) is 35.1 Å². The number of rotatable bonds is 3. The Morgan fingerprint density at radius 1 is 1.27 bits per heavy atom. The molecule has 2 aromatic heterocycles. The van der Waals surface area contributed by atoms with E-state index < -0.39 is 5.60 Å². The van der Waals surface area contributed by atoms with Gasteiger partial charge in [0.25, 0.3) is 5.56 Å². The van der Waals surface area contributed by atoms with Crippen LogP contribution in [-0.4, -0.2) is 26.3 Å². The highest BCUT2D eigenvalue weighted by Gasteiger charge is 2.21. The molecule has 0 fully saturated rings. The second kappa shape index (κ2) is 6.61. The van der Waals surface area contributed by atoms with Crippen LogP contribution in [0.5, 0.6) is 0 Å². The van der Waals surface area contributed by atoms with Gasteiger partial charge in [0.1, 0.15) is 12.1 Å². The first-order valence-electron chi connectivity index (χ1n) is 8.22. The van der Waals surface area contributed by atoms with Gasteiger partial charge in [-0.25, -0.2) is 5.10 Å². The van der Waals surface area contributed by atoms with E-state index in [1.165, 1.54) is 6.07 Å². The molecule has 0 saturated carbocycles. The van der Waals surface area contributed by atoms with Crippen LogP contribution in [0, 0.1) is 6.92 Å². The Morgan fingerprint density at radius 2 is 2.00 bits per heavy atom. The molecular weight excluding hydrogens is 354 g/mol. The SMILES string of the molecule is Cc1c(-c2ccc(=O)[nH]n2)c2cc(Cl)ccc2n1CC(=O)OC(C)(C)C. The Labute approximate surface area is 155 Å². The number of hydrogen-bond acceptors (Lipinski definition) is 4. The van der Waals surface area contributed by atoms with Crippen LogP contribution < -0.4 is 5.56 Å². The lowest BCUT2D eigenvalue weighted by Crippen LogP contribution is -2.26. The Bertz CT molecular complexity index is 1020. The Balaban J connectivity index is 2.15. The minimum Gasteiger partial charge on any atom is -0.459 e. The summed E-state index contributed by atoms with van der Waals surface area (Å²) < 4.78 is 7.33. The van der Waals surface area contributed by atoms with Crippen molar-refractivity contribution in [3.8, 4) is 11.3 Å². The van der Waals surface area contributed by atoms with Crippen LogP contribution in [-0.2, 0) is 16.1 Å². The largest absolute Gasteiger partial charge is 0.459 e. The van der Waals surface area contributed by atoms with Gasteiger partial charge >= 0.3 is 5.97 Å². The topological polar surface area (TPSA) is 77.0 Å². The Hall–Kier alpha value is -2.60. The van der Waals surface area contributed by atoms with Gasteiger partial charge in [-0.05, 0) is 52.0 Å². The fraction of sp³-hybridized carbons (Fsp3) is 0.316. The minimum absolute atomic E-state index is 0.0740. The summed E-state index contributed by atoms with van der Waals surface area (Å²) in [5, 5.41) is 8.02. The molecule has 0 spiro atoms. The number of aromatic amines is 1. The van der Waals surface area contributed by atoms with Gasteiger partial charge in [-0.15, -0.1) is 0 Å². The van der Waals surface area contributed by atoms with Crippen LogP contribution in [0.25, 0.3) is 22.2 Å². The predicted octanol–water partition coefficient (Wildman–Crippen LogP) is 3.70. The fourth-order valence-electron chi connectivity index (χ4n) is 2.97. The molecule has 136 valence electrons. The van der Waals surface area contributed by atoms with Gasteiger partial charge in [-0.3, -0.25) is 9.59 Å². The Kier molecular flexibility index (Phi) is 4.63. The number of benzene rings is 1. The molecule has 0 unspecified atom stereocenters. The molecule has 1 N–H and O–H groups in total. The van der Waals surface area contributed by atoms with Gasteiger partial charge in [0.05, 0.1) is 5.69 Å². The van der Waals surface area contributed by atoms with Crippen molar-refractivity contribution in [2.45, 2.75) is 39.8 Å². The maximum Gasteiger partial charge on any atom is 0.326 e. The molecule has 0 amide bonds. The van der Waals surface area contributed by atoms with Crippen LogP contribution in [0.4, 0.5) is 0 Å². The van der Waals surface area contributed by atoms with Gasteiger partial charge in [0.15, 0.2) is 0 Å². The van der Waals surface area contributed by atoms with Crippen LogP contribution in [0.2, 0.25) is 5.02 Å². The number of hydrogen-bond donors (Lipinski definition) is 1. The number of esters is 1. The van der Waals surface area contributed by atoms with Gasteiger partial charge in [-0.1, -0.05) is 11.6 Å². The van der Waals surface area contributed by atoms with Crippen LogP contribution in [0.1, 0.15) is 26.5 Å². The highest BCUT2D eigenvalue weighted by atomic mass is 35.5. The normalized spacial score (nSPS) is 11.7. The third-order valence-corrected chi connectivity index (χ3v) is 4.16. The zero-order chi connectivity index (χ0) is 19.1. The zero-order valence-corrected chi connectivity index (χ0v) is 15.8. The summed E-state index contributed by atoms with van der Waals surface area (Å²) in [6, 6.07) is 8.55. The van der Waals surface area contributed by atoms with Crippen LogP contribution >= 0.6 is 11.6 Å². The van der Waals surface area contributed by atoms with Crippen molar-refractivity contribution in [2.75, 3.05) is 0 Å². The van der Waals surface area contributed by atoms with Gasteiger partial charge in [0.2, 0.25) is 0 Å². The molecule has 0 aliphatic carbocycles. The van der Waals surface area contributed by atoms with Gasteiger partial charge < -0.3 is 9.30 Å². The van der Waals surface area contributed by atoms with Gasteiger partial charge in [-0.2, -0.15) is 5.10 Å². The second-order valence-corrected chi connectivity index (χ2v) is 7.54. The van der Waals surface area contributed by atoms with Crippen molar-refractivity contribution in [3.63, 3.8) is 0 Å². The number of nitrogens with one attached hydrogen (secondary N) is 1. The fourth-order valence-corrected chi connectivity index (χ4v) is 3.14. The number of aromatic nitrogens is 3. The third-order valence-electron chi connectivity index (χ3n) is 3.93. The van der Waals surface area contributed by atoms with E-state index in [-0.39, 0.29) is 18.1 Å². The van der Waals surface area contributed by atoms with E-state index in [2.05, 4.69) is 10.2 Å². The van der Waals surface area contributed by atoms with Crippen molar-refractivity contribution < 1.29 is 9.53 Å². The highest BCUT2D eigenvalue weighted by molar-refractivity contribution is 6.31. The minimum atomic E-state index is -0.555. The monoisotopic (exact) mass is 373 g/mol. The van der Waals surface area contributed by atoms with E-state index in [0.29, 0.717) is 10.7 Å². The maximum atomic E-state index is 12.3. The molecule has 0 bridgehead atoms. The lowest BCUT2D eigenvalue weighted by molar-refractivity contribution is -0.155. The number of fused-ring (bicyclic) bond motifs is 1. The third kappa shape index (κ3) is 3.65. The molecule has 0 radical (unpaired) electrons. The van der Waals surface area contributed by atoms with E-state index in [1.54, 1.807) is 12.1 Å². The number of carbonyl (C=O) groups excluding carboxylic acids is 1. The lowest BCUT2D eigenvalue weighted by Gasteiger charge is -2.20. The smallest absolute Gasteiger partial charge is 0.326 e. The molecule has 7 heteroatoms. The highest BCUT2D eigenvalue weighted by Crippen LogP contribution is 2.34. The van der Waals surface area contributed by atoms with E-state index >= 15 is 0 Å². The molecule has 0 aliphatic rings. The Morgan fingerprint density at radius 3 is 2.62 bits per heavy atom. The van der Waals surface area contributed by atoms with E-state index in [1.807, 2.05) is 44.4 Å². The van der Waals surface area contributed by atoms with Crippen molar-refractivity contribution in [2.24, 2.45) is 0 Å². The average molecular weight is 374 g/mol. The van der Waals surface area contributed by atoms with E-state index in [4.69, 9.17) is 16.3 Å². The maximum absolute atomic E-state index is 12.3. The van der Waals surface area contributed by atoms with Crippen molar-refractivity contribution in [3.05, 3.63) is 51.4 Å². The molecule has 6 nitrogen and oxygen atoms in total. The first kappa shape index (κ1) is 18.2. The molecule has 2 heterocycles. The summed E-state index contributed by atoms with van der Waals surface area (Å²) in [5.41, 5.74) is 2.29. The predicted molar refractivity (Wildman–Crippen MR) is 101 cm³/mol. The van der Waals surface area contributed by atoms with Crippen molar-refractivity contribution in [1.82, 2.24) is 14.8 Å². The first-order chi connectivity index (χ1) is 12.2. The van der Waals surface area contributed by atoms with E-state index in [0.717, 1.165) is 22.2 Å². The average Bonchev–Trinajstić information content (AvgIpc) is 2.78. The summed E-state index contributed by atoms with van der Waals surface area (Å²) >= 11 is 6.18. The molecular formula is C19H20ClN3O3.